The van der Waals surface area contributed by atoms with Gasteiger partial charge in [0.05, 0.1) is 5.69 Å². The zero-order valence-corrected chi connectivity index (χ0v) is 10.6. The number of rotatable bonds is 4. The Morgan fingerprint density at radius 2 is 2.22 bits per heavy atom. The first-order chi connectivity index (χ1) is 8.77. The highest BCUT2D eigenvalue weighted by molar-refractivity contribution is 5.45. The van der Waals surface area contributed by atoms with Crippen LogP contribution in [0.3, 0.4) is 0 Å². The van der Waals surface area contributed by atoms with Crippen LogP contribution in [0.1, 0.15) is 31.3 Å². The lowest BCUT2D eigenvalue weighted by Gasteiger charge is -2.17. The first-order valence-corrected chi connectivity index (χ1v) is 6.04. The van der Waals surface area contributed by atoms with Gasteiger partial charge in [-0.05, 0) is 25.1 Å². The summed E-state index contributed by atoms with van der Waals surface area (Å²) >= 11 is 0. The summed E-state index contributed by atoms with van der Waals surface area (Å²) in [5, 5.41) is 12.4. The molecule has 0 aliphatic carbocycles. The Hall–Kier alpha value is -2.12. The SMILES string of the molecule is CCNC(C)c1ccccc1-n1ccnc1C#N. The van der Waals surface area contributed by atoms with E-state index < -0.39 is 0 Å². The third kappa shape index (κ3) is 2.27. The first-order valence-electron chi connectivity index (χ1n) is 6.04. The van der Waals surface area contributed by atoms with E-state index in [1.807, 2.05) is 29.0 Å². The van der Waals surface area contributed by atoms with Gasteiger partial charge in [-0.25, -0.2) is 4.98 Å². The van der Waals surface area contributed by atoms with Gasteiger partial charge < -0.3 is 5.32 Å². The lowest BCUT2D eigenvalue weighted by atomic mass is 10.1. The van der Waals surface area contributed by atoms with E-state index in [4.69, 9.17) is 5.26 Å². The average Bonchev–Trinajstić information content (AvgIpc) is 2.87. The first kappa shape index (κ1) is 12.3. The van der Waals surface area contributed by atoms with Crippen molar-refractivity contribution in [2.24, 2.45) is 0 Å². The summed E-state index contributed by atoms with van der Waals surface area (Å²) < 4.78 is 1.82. The van der Waals surface area contributed by atoms with Crippen LogP contribution in [0.15, 0.2) is 36.7 Å². The summed E-state index contributed by atoms with van der Waals surface area (Å²) in [5.74, 6) is 0.408. The van der Waals surface area contributed by atoms with Crippen molar-refractivity contribution in [1.29, 1.82) is 5.26 Å². The van der Waals surface area contributed by atoms with Crippen molar-refractivity contribution >= 4 is 0 Å². The minimum Gasteiger partial charge on any atom is -0.310 e. The van der Waals surface area contributed by atoms with E-state index in [0.717, 1.165) is 17.8 Å². The van der Waals surface area contributed by atoms with Crippen LogP contribution in [-0.4, -0.2) is 16.1 Å². The summed E-state index contributed by atoms with van der Waals surface area (Å²) in [6.45, 7) is 5.10. The van der Waals surface area contributed by atoms with Gasteiger partial charge in [0.2, 0.25) is 5.82 Å². The molecule has 0 aliphatic rings. The molecule has 1 aromatic carbocycles. The maximum absolute atomic E-state index is 9.05. The van der Waals surface area contributed by atoms with Gasteiger partial charge in [-0.3, -0.25) is 4.57 Å². The number of nitrogens with one attached hydrogen (secondary N) is 1. The predicted octanol–water partition coefficient (Wildman–Crippen LogP) is 2.41. The van der Waals surface area contributed by atoms with Crippen molar-refractivity contribution in [3.05, 3.63) is 48.0 Å². The Balaban J connectivity index is 2.49. The Labute approximate surface area is 107 Å². The van der Waals surface area contributed by atoms with Crippen LogP contribution in [0.2, 0.25) is 0 Å². The minimum absolute atomic E-state index is 0.236. The third-order valence-corrected chi connectivity index (χ3v) is 2.91. The number of hydrogen-bond donors (Lipinski definition) is 1. The van der Waals surface area contributed by atoms with Crippen molar-refractivity contribution < 1.29 is 0 Å². The summed E-state index contributed by atoms with van der Waals surface area (Å²) in [6.07, 6.45) is 3.46. The van der Waals surface area contributed by atoms with Gasteiger partial charge in [-0.2, -0.15) is 5.26 Å². The van der Waals surface area contributed by atoms with Crippen molar-refractivity contribution in [1.82, 2.24) is 14.9 Å². The summed E-state index contributed by atoms with van der Waals surface area (Å²) in [7, 11) is 0. The van der Waals surface area contributed by atoms with Crippen LogP contribution in [0, 0.1) is 11.3 Å². The molecule has 0 bridgehead atoms. The van der Waals surface area contributed by atoms with Gasteiger partial charge in [0.25, 0.3) is 0 Å². The maximum atomic E-state index is 9.05. The summed E-state index contributed by atoms with van der Waals surface area (Å²) in [5.41, 5.74) is 2.16. The molecule has 2 rings (SSSR count). The number of nitrogens with zero attached hydrogens (tertiary/aromatic N) is 3. The smallest absolute Gasteiger partial charge is 0.217 e. The summed E-state index contributed by atoms with van der Waals surface area (Å²) in [6, 6.07) is 10.4. The number of imidazole rings is 1. The molecule has 0 spiro atoms. The van der Waals surface area contributed by atoms with Crippen molar-refractivity contribution in [2.45, 2.75) is 19.9 Å². The normalized spacial score (nSPS) is 12.1. The van der Waals surface area contributed by atoms with Gasteiger partial charge >= 0.3 is 0 Å². The molecule has 1 aromatic heterocycles. The standard InChI is InChI=1S/C14H16N4/c1-3-16-11(2)12-6-4-5-7-13(12)18-9-8-17-14(18)10-15/h4-9,11,16H,3H2,1-2H3. The molecule has 1 heterocycles. The van der Waals surface area contributed by atoms with E-state index >= 15 is 0 Å². The molecule has 0 saturated carbocycles. The largest absolute Gasteiger partial charge is 0.310 e. The maximum Gasteiger partial charge on any atom is 0.217 e. The Kier molecular flexibility index (Phi) is 3.75. The molecule has 18 heavy (non-hydrogen) atoms. The molecule has 1 N–H and O–H groups in total. The Bertz CT molecular complexity index is 565. The van der Waals surface area contributed by atoms with Crippen molar-refractivity contribution in [3.8, 4) is 11.8 Å². The predicted molar refractivity (Wildman–Crippen MR) is 70.4 cm³/mol. The molecule has 4 heteroatoms. The van der Waals surface area contributed by atoms with Gasteiger partial charge in [-0.1, -0.05) is 25.1 Å². The zero-order chi connectivity index (χ0) is 13.0. The third-order valence-electron chi connectivity index (χ3n) is 2.91. The van der Waals surface area contributed by atoms with Crippen LogP contribution in [0.5, 0.6) is 0 Å². The highest BCUT2D eigenvalue weighted by atomic mass is 15.1. The van der Waals surface area contributed by atoms with E-state index in [1.54, 1.807) is 6.20 Å². The van der Waals surface area contributed by atoms with Crippen molar-refractivity contribution in [2.75, 3.05) is 6.54 Å². The molecular formula is C14H16N4. The van der Waals surface area contributed by atoms with Crippen LogP contribution >= 0.6 is 0 Å². The molecule has 2 aromatic rings. The highest BCUT2D eigenvalue weighted by Crippen LogP contribution is 2.22. The van der Waals surface area contributed by atoms with Gasteiger partial charge in [0, 0.05) is 18.4 Å². The van der Waals surface area contributed by atoms with Crippen LogP contribution in [0.25, 0.3) is 5.69 Å². The second-order valence-electron chi connectivity index (χ2n) is 4.07. The number of aromatic nitrogens is 2. The molecule has 0 fully saturated rings. The molecule has 0 saturated heterocycles. The second kappa shape index (κ2) is 5.48. The van der Waals surface area contributed by atoms with Gasteiger partial charge in [0.1, 0.15) is 6.07 Å². The Morgan fingerprint density at radius 1 is 1.44 bits per heavy atom. The van der Waals surface area contributed by atoms with Gasteiger partial charge in [-0.15, -0.1) is 0 Å². The number of benzene rings is 1. The zero-order valence-electron chi connectivity index (χ0n) is 10.6. The lowest BCUT2D eigenvalue weighted by Crippen LogP contribution is -2.19. The fourth-order valence-corrected chi connectivity index (χ4v) is 2.07. The average molecular weight is 240 g/mol. The van der Waals surface area contributed by atoms with Crippen LogP contribution < -0.4 is 5.32 Å². The topological polar surface area (TPSA) is 53.6 Å². The van der Waals surface area contributed by atoms with Crippen molar-refractivity contribution in [3.63, 3.8) is 0 Å². The van der Waals surface area contributed by atoms with E-state index in [-0.39, 0.29) is 6.04 Å². The second-order valence-corrected chi connectivity index (χ2v) is 4.07. The van der Waals surface area contributed by atoms with E-state index in [0.29, 0.717) is 5.82 Å². The van der Waals surface area contributed by atoms with Crippen LogP contribution in [-0.2, 0) is 0 Å². The Morgan fingerprint density at radius 3 is 2.94 bits per heavy atom. The fourth-order valence-electron chi connectivity index (χ4n) is 2.07. The number of nitriles is 1. The monoisotopic (exact) mass is 240 g/mol. The number of para-hydroxylation sites is 1. The molecule has 0 radical (unpaired) electrons. The molecule has 0 amide bonds. The van der Waals surface area contributed by atoms with Crippen LogP contribution in [0.4, 0.5) is 0 Å². The molecule has 4 nitrogen and oxygen atoms in total. The molecule has 1 atom stereocenters. The summed E-state index contributed by atoms with van der Waals surface area (Å²) in [4.78, 5) is 4.04. The van der Waals surface area contributed by atoms with E-state index in [9.17, 15) is 0 Å². The van der Waals surface area contributed by atoms with Gasteiger partial charge in [0.15, 0.2) is 0 Å². The highest BCUT2D eigenvalue weighted by Gasteiger charge is 2.12. The molecule has 0 aliphatic heterocycles. The molecule has 92 valence electrons. The quantitative estimate of drug-likeness (QED) is 0.892. The molecule has 1 unspecified atom stereocenters. The minimum atomic E-state index is 0.236. The van der Waals surface area contributed by atoms with E-state index in [2.05, 4.69) is 36.3 Å². The van der Waals surface area contributed by atoms with E-state index in [1.165, 1.54) is 0 Å². The number of hydrogen-bond acceptors (Lipinski definition) is 3. The lowest BCUT2D eigenvalue weighted by molar-refractivity contribution is 0.595. The fraction of sp³-hybridized carbons (Fsp3) is 0.286. The molecular weight excluding hydrogens is 224 g/mol.